The van der Waals surface area contributed by atoms with Gasteiger partial charge in [-0.05, 0) is 27.2 Å². The maximum Gasteiger partial charge on any atom is 0.0818 e. The molecule has 0 unspecified atom stereocenters. The third kappa shape index (κ3) is 3.25. The molecule has 3 heteroatoms. The lowest BCUT2D eigenvalue weighted by atomic mass is 10.1. The minimum absolute atomic E-state index is 0.0485. The number of nitrogens with zero attached hydrogens (tertiary/aromatic N) is 1. The second-order valence-electron chi connectivity index (χ2n) is 4.62. The molecule has 0 radical (unpaired) electrons. The maximum absolute atomic E-state index is 8.96. The van der Waals surface area contributed by atoms with Gasteiger partial charge in [-0.15, -0.1) is 0 Å². The van der Waals surface area contributed by atoms with Gasteiger partial charge >= 0.3 is 0 Å². The molecule has 3 nitrogen and oxygen atoms in total. The molecular weight excluding hydrogens is 166 g/mol. The zero-order valence-corrected chi connectivity index (χ0v) is 8.92. The Morgan fingerprint density at radius 3 is 2.62 bits per heavy atom. The lowest BCUT2D eigenvalue weighted by Crippen LogP contribution is -2.42. The van der Waals surface area contributed by atoms with Crippen molar-refractivity contribution in [3.8, 4) is 0 Å². The van der Waals surface area contributed by atoms with Crippen molar-refractivity contribution in [1.82, 2.24) is 4.90 Å². The molecule has 0 spiro atoms. The molecule has 1 atom stereocenters. The molecule has 1 aliphatic rings. The van der Waals surface area contributed by atoms with Crippen LogP contribution < -0.4 is 0 Å². The van der Waals surface area contributed by atoms with E-state index in [1.165, 1.54) is 0 Å². The number of ether oxygens (including phenoxy) is 1. The molecule has 0 amide bonds. The Hall–Kier alpha value is -0.120. The number of aliphatic hydroxyl groups excluding tert-OH is 1. The molecule has 1 saturated heterocycles. The Labute approximate surface area is 80.7 Å². The van der Waals surface area contributed by atoms with Gasteiger partial charge in [0.25, 0.3) is 0 Å². The Balaban J connectivity index is 2.45. The van der Waals surface area contributed by atoms with Gasteiger partial charge in [0.05, 0.1) is 19.3 Å². The van der Waals surface area contributed by atoms with Gasteiger partial charge in [0.15, 0.2) is 0 Å². The first-order valence-corrected chi connectivity index (χ1v) is 5.01. The molecule has 13 heavy (non-hydrogen) atoms. The molecular formula is C10H21NO2. The van der Waals surface area contributed by atoms with Crippen molar-refractivity contribution in [2.45, 2.75) is 38.8 Å². The largest absolute Gasteiger partial charge is 0.394 e. The molecule has 1 heterocycles. The topological polar surface area (TPSA) is 32.7 Å². The summed E-state index contributed by atoms with van der Waals surface area (Å²) in [6.07, 6.45) is 0.987. The highest BCUT2D eigenvalue weighted by Crippen LogP contribution is 2.16. The number of hydrogen-bond donors (Lipinski definition) is 1. The van der Waals surface area contributed by atoms with Gasteiger partial charge in [-0.2, -0.15) is 0 Å². The van der Waals surface area contributed by atoms with Crippen LogP contribution in [-0.2, 0) is 4.74 Å². The lowest BCUT2D eigenvalue weighted by molar-refractivity contribution is 0.0196. The van der Waals surface area contributed by atoms with E-state index in [1.54, 1.807) is 0 Å². The number of hydrogen-bond acceptors (Lipinski definition) is 3. The molecule has 1 rings (SSSR count). The van der Waals surface area contributed by atoms with Crippen LogP contribution in [0.3, 0.4) is 0 Å². The van der Waals surface area contributed by atoms with E-state index in [0.717, 1.165) is 26.1 Å². The van der Waals surface area contributed by atoms with E-state index in [9.17, 15) is 0 Å². The van der Waals surface area contributed by atoms with Crippen LogP contribution in [0.25, 0.3) is 0 Å². The van der Waals surface area contributed by atoms with Crippen LogP contribution in [0.4, 0.5) is 0 Å². The van der Waals surface area contributed by atoms with Gasteiger partial charge in [-0.25, -0.2) is 0 Å². The van der Waals surface area contributed by atoms with Crippen LogP contribution >= 0.6 is 0 Å². The van der Waals surface area contributed by atoms with Gasteiger partial charge in [-0.1, -0.05) is 0 Å². The fraction of sp³-hybridized carbons (Fsp3) is 1.00. The molecule has 0 saturated carbocycles. The molecule has 0 aromatic heterocycles. The molecule has 1 aliphatic heterocycles. The minimum Gasteiger partial charge on any atom is -0.394 e. The Morgan fingerprint density at radius 1 is 1.38 bits per heavy atom. The first-order valence-electron chi connectivity index (χ1n) is 5.01. The summed E-state index contributed by atoms with van der Waals surface area (Å²) in [4.78, 5) is 2.41. The van der Waals surface area contributed by atoms with E-state index in [0.29, 0.717) is 0 Å². The molecule has 0 aromatic carbocycles. The second kappa shape index (κ2) is 4.40. The SMILES string of the molecule is CC(C)(C)N1CCO[C@@H](CO)CC1. The summed E-state index contributed by atoms with van der Waals surface area (Å²) in [6.45, 7) is 9.53. The van der Waals surface area contributed by atoms with Gasteiger partial charge < -0.3 is 9.84 Å². The van der Waals surface area contributed by atoms with Crippen LogP contribution in [0.15, 0.2) is 0 Å². The zero-order chi connectivity index (χ0) is 9.90. The van der Waals surface area contributed by atoms with E-state index in [1.807, 2.05) is 0 Å². The third-order valence-electron chi connectivity index (χ3n) is 2.59. The monoisotopic (exact) mass is 187 g/mol. The summed E-state index contributed by atoms with van der Waals surface area (Å²) in [5.74, 6) is 0. The van der Waals surface area contributed by atoms with Crippen molar-refractivity contribution < 1.29 is 9.84 Å². The summed E-state index contributed by atoms with van der Waals surface area (Å²) in [5, 5.41) is 8.96. The molecule has 0 aliphatic carbocycles. The van der Waals surface area contributed by atoms with E-state index in [4.69, 9.17) is 9.84 Å². The summed E-state index contributed by atoms with van der Waals surface area (Å²) in [7, 11) is 0. The van der Waals surface area contributed by atoms with Gasteiger partial charge in [0.2, 0.25) is 0 Å². The van der Waals surface area contributed by atoms with Crippen molar-refractivity contribution in [1.29, 1.82) is 0 Å². The predicted octanol–water partition coefficient (Wildman–Crippen LogP) is 0.868. The standard InChI is InChI=1S/C10H21NO2/c1-10(2,3)11-5-4-9(8-12)13-7-6-11/h9,12H,4-8H2,1-3H3/t9-/m1/s1. The lowest BCUT2D eigenvalue weighted by Gasteiger charge is -2.34. The quantitative estimate of drug-likeness (QED) is 0.661. The molecule has 1 fully saturated rings. The van der Waals surface area contributed by atoms with Crippen LogP contribution in [0, 0.1) is 0 Å². The van der Waals surface area contributed by atoms with Crippen LogP contribution in [0.5, 0.6) is 0 Å². The van der Waals surface area contributed by atoms with Crippen molar-refractivity contribution in [2.24, 2.45) is 0 Å². The van der Waals surface area contributed by atoms with Crippen molar-refractivity contribution in [2.75, 3.05) is 26.3 Å². The highest BCUT2D eigenvalue weighted by atomic mass is 16.5. The van der Waals surface area contributed by atoms with Crippen molar-refractivity contribution in [3.63, 3.8) is 0 Å². The summed E-state index contributed by atoms with van der Waals surface area (Å²) in [5.41, 5.74) is 0.216. The van der Waals surface area contributed by atoms with Crippen molar-refractivity contribution in [3.05, 3.63) is 0 Å². The first kappa shape index (κ1) is 11.0. The Bertz CT molecular complexity index is 153. The average Bonchev–Trinajstić information content (AvgIpc) is 2.26. The maximum atomic E-state index is 8.96. The number of rotatable bonds is 1. The predicted molar refractivity (Wildman–Crippen MR) is 52.8 cm³/mol. The van der Waals surface area contributed by atoms with Crippen LogP contribution in [-0.4, -0.2) is 48.0 Å². The molecule has 78 valence electrons. The third-order valence-corrected chi connectivity index (χ3v) is 2.59. The van der Waals surface area contributed by atoms with Gasteiger partial charge in [0.1, 0.15) is 0 Å². The molecule has 1 N–H and O–H groups in total. The number of aliphatic hydroxyl groups is 1. The fourth-order valence-electron chi connectivity index (χ4n) is 1.64. The highest BCUT2D eigenvalue weighted by Gasteiger charge is 2.24. The van der Waals surface area contributed by atoms with E-state index < -0.39 is 0 Å². The van der Waals surface area contributed by atoms with E-state index >= 15 is 0 Å². The second-order valence-corrected chi connectivity index (χ2v) is 4.62. The highest BCUT2D eigenvalue weighted by molar-refractivity contribution is 4.79. The van der Waals surface area contributed by atoms with Crippen LogP contribution in [0.1, 0.15) is 27.2 Å². The Kier molecular flexibility index (Phi) is 3.71. The first-order chi connectivity index (χ1) is 6.04. The minimum atomic E-state index is 0.0485. The molecule has 0 bridgehead atoms. The normalized spacial score (nSPS) is 27.2. The summed E-state index contributed by atoms with van der Waals surface area (Å²) in [6, 6.07) is 0. The fourth-order valence-corrected chi connectivity index (χ4v) is 1.64. The average molecular weight is 187 g/mol. The van der Waals surface area contributed by atoms with Crippen LogP contribution in [0.2, 0.25) is 0 Å². The van der Waals surface area contributed by atoms with Crippen molar-refractivity contribution >= 4 is 0 Å². The molecule has 0 aromatic rings. The van der Waals surface area contributed by atoms with Gasteiger partial charge in [-0.3, -0.25) is 4.90 Å². The Morgan fingerprint density at radius 2 is 2.08 bits per heavy atom. The summed E-state index contributed by atoms with van der Waals surface area (Å²) >= 11 is 0. The smallest absolute Gasteiger partial charge is 0.0818 e. The van der Waals surface area contributed by atoms with E-state index in [2.05, 4.69) is 25.7 Å². The zero-order valence-electron chi connectivity index (χ0n) is 8.92. The van der Waals surface area contributed by atoms with Gasteiger partial charge in [0, 0.05) is 18.6 Å². The summed E-state index contributed by atoms with van der Waals surface area (Å²) < 4.78 is 5.49. The van der Waals surface area contributed by atoms with E-state index in [-0.39, 0.29) is 18.2 Å².